The van der Waals surface area contributed by atoms with Crippen molar-refractivity contribution >= 4 is 71.7 Å². The standard InChI is InChI=1S/C45H28N2O2/c1-2-10-31(11-3-1)47(32-22-20-29(21-23-32)34-16-8-17-38-36-13-6-7-18-40(36)49-45(34)38)39-28-42-44(37-14-5-4-12-35(37)39)43-33(15-9-19-41(43)48-42)30-24-26-46-27-25-30/h1-28H. The van der Waals surface area contributed by atoms with Gasteiger partial charge in [-0.25, -0.2) is 0 Å². The lowest BCUT2D eigenvalue weighted by molar-refractivity contribution is 0.669. The van der Waals surface area contributed by atoms with Crippen LogP contribution >= 0.6 is 0 Å². The maximum Gasteiger partial charge on any atom is 0.143 e. The molecule has 0 fully saturated rings. The number of furan rings is 2. The second-order valence-corrected chi connectivity index (χ2v) is 12.3. The zero-order valence-electron chi connectivity index (χ0n) is 26.4. The van der Waals surface area contributed by atoms with Crippen LogP contribution in [0.25, 0.3) is 76.9 Å². The van der Waals surface area contributed by atoms with Gasteiger partial charge < -0.3 is 13.7 Å². The predicted octanol–water partition coefficient (Wildman–Crippen LogP) is 12.8. The quantitative estimate of drug-likeness (QED) is 0.190. The van der Waals surface area contributed by atoms with Crippen LogP contribution in [0.3, 0.4) is 0 Å². The maximum absolute atomic E-state index is 6.68. The number of aromatic nitrogens is 1. The molecular formula is C45H28N2O2. The summed E-state index contributed by atoms with van der Waals surface area (Å²) in [5.74, 6) is 0. The molecular weight excluding hydrogens is 601 g/mol. The molecule has 0 aliphatic heterocycles. The minimum Gasteiger partial charge on any atom is -0.456 e. The first kappa shape index (κ1) is 27.5. The maximum atomic E-state index is 6.68. The average Bonchev–Trinajstić information content (AvgIpc) is 3.75. The number of rotatable bonds is 5. The van der Waals surface area contributed by atoms with E-state index < -0.39 is 0 Å². The average molecular weight is 629 g/mol. The molecule has 49 heavy (non-hydrogen) atoms. The van der Waals surface area contributed by atoms with Crippen LogP contribution < -0.4 is 4.90 Å². The summed E-state index contributed by atoms with van der Waals surface area (Å²) < 4.78 is 13.1. The molecule has 0 bridgehead atoms. The van der Waals surface area contributed by atoms with Gasteiger partial charge in [-0.2, -0.15) is 0 Å². The Morgan fingerprint density at radius 3 is 1.88 bits per heavy atom. The van der Waals surface area contributed by atoms with Crippen molar-refractivity contribution < 1.29 is 8.83 Å². The van der Waals surface area contributed by atoms with Gasteiger partial charge in [-0.3, -0.25) is 4.98 Å². The van der Waals surface area contributed by atoms with Gasteiger partial charge in [0, 0.05) is 62.3 Å². The Bertz CT molecular complexity index is 2820. The fourth-order valence-corrected chi connectivity index (χ4v) is 7.39. The van der Waals surface area contributed by atoms with E-state index in [0.717, 1.165) is 94.0 Å². The fraction of sp³-hybridized carbons (Fsp3) is 0. The molecule has 0 spiro atoms. The minimum absolute atomic E-state index is 0.847. The van der Waals surface area contributed by atoms with E-state index in [1.807, 2.05) is 24.5 Å². The summed E-state index contributed by atoms with van der Waals surface area (Å²) >= 11 is 0. The van der Waals surface area contributed by atoms with Crippen LogP contribution in [-0.4, -0.2) is 4.98 Å². The highest BCUT2D eigenvalue weighted by Gasteiger charge is 2.22. The molecule has 0 saturated carbocycles. The minimum atomic E-state index is 0.847. The van der Waals surface area contributed by atoms with Crippen LogP contribution in [0.5, 0.6) is 0 Å². The molecule has 4 nitrogen and oxygen atoms in total. The SMILES string of the molecule is c1ccc(N(c2ccc(-c3cccc4c3oc3ccccc34)cc2)c2cc3oc4cccc(-c5ccncc5)c4c3c3ccccc23)cc1. The Balaban J connectivity index is 1.18. The molecule has 0 N–H and O–H groups in total. The highest BCUT2D eigenvalue weighted by molar-refractivity contribution is 6.25. The Morgan fingerprint density at radius 1 is 0.408 bits per heavy atom. The number of fused-ring (bicyclic) bond motifs is 8. The van der Waals surface area contributed by atoms with Crippen LogP contribution in [0, 0.1) is 0 Å². The summed E-state index contributed by atoms with van der Waals surface area (Å²) in [4.78, 5) is 6.57. The molecule has 4 heteroatoms. The summed E-state index contributed by atoms with van der Waals surface area (Å²) in [6, 6.07) is 55.2. The lowest BCUT2D eigenvalue weighted by Gasteiger charge is -2.27. The smallest absolute Gasteiger partial charge is 0.143 e. The lowest BCUT2D eigenvalue weighted by atomic mass is 9.96. The molecule has 0 atom stereocenters. The lowest BCUT2D eigenvalue weighted by Crippen LogP contribution is -2.10. The number of para-hydroxylation sites is 3. The van der Waals surface area contributed by atoms with Gasteiger partial charge in [-0.05, 0) is 70.6 Å². The normalized spacial score (nSPS) is 11.7. The van der Waals surface area contributed by atoms with E-state index in [4.69, 9.17) is 8.83 Å². The third-order valence-corrected chi connectivity index (χ3v) is 9.57. The fourth-order valence-electron chi connectivity index (χ4n) is 7.39. The highest BCUT2D eigenvalue weighted by atomic mass is 16.3. The van der Waals surface area contributed by atoms with Crippen molar-refractivity contribution in [1.29, 1.82) is 0 Å². The van der Waals surface area contributed by atoms with E-state index in [9.17, 15) is 0 Å². The second kappa shape index (κ2) is 11.0. The highest BCUT2D eigenvalue weighted by Crippen LogP contribution is 2.47. The van der Waals surface area contributed by atoms with Gasteiger partial charge in [-0.15, -0.1) is 0 Å². The molecule has 0 aliphatic rings. The number of hydrogen-bond acceptors (Lipinski definition) is 4. The zero-order chi connectivity index (χ0) is 32.3. The molecule has 0 unspecified atom stereocenters. The van der Waals surface area contributed by atoms with E-state index in [2.05, 4.69) is 155 Å². The summed E-state index contributed by atoms with van der Waals surface area (Å²) in [5, 5.41) is 6.77. The molecule has 7 aromatic carbocycles. The first-order chi connectivity index (χ1) is 24.3. The molecule has 0 amide bonds. The van der Waals surface area contributed by atoms with Crippen molar-refractivity contribution in [3.05, 3.63) is 170 Å². The predicted molar refractivity (Wildman–Crippen MR) is 202 cm³/mol. The third kappa shape index (κ3) is 4.35. The summed E-state index contributed by atoms with van der Waals surface area (Å²) in [6.07, 6.45) is 3.68. The van der Waals surface area contributed by atoms with Crippen molar-refractivity contribution in [1.82, 2.24) is 4.98 Å². The van der Waals surface area contributed by atoms with Crippen LogP contribution in [0.4, 0.5) is 17.1 Å². The van der Waals surface area contributed by atoms with Crippen molar-refractivity contribution in [3.8, 4) is 22.3 Å². The summed E-state index contributed by atoms with van der Waals surface area (Å²) in [5.41, 5.74) is 11.1. The molecule has 10 rings (SSSR count). The van der Waals surface area contributed by atoms with Crippen LogP contribution in [-0.2, 0) is 0 Å². The molecule has 0 aliphatic carbocycles. The molecule has 10 aromatic rings. The van der Waals surface area contributed by atoms with Gasteiger partial charge in [0.1, 0.15) is 22.3 Å². The van der Waals surface area contributed by atoms with Crippen molar-refractivity contribution in [2.45, 2.75) is 0 Å². The van der Waals surface area contributed by atoms with Crippen molar-refractivity contribution in [2.75, 3.05) is 4.90 Å². The summed E-state index contributed by atoms with van der Waals surface area (Å²) in [7, 11) is 0. The Morgan fingerprint density at radius 2 is 1.04 bits per heavy atom. The second-order valence-electron chi connectivity index (χ2n) is 12.3. The number of benzene rings is 7. The number of pyridine rings is 1. The molecule has 0 radical (unpaired) electrons. The first-order valence-corrected chi connectivity index (χ1v) is 16.4. The zero-order valence-corrected chi connectivity index (χ0v) is 26.4. The van der Waals surface area contributed by atoms with Crippen molar-refractivity contribution in [2.24, 2.45) is 0 Å². The Kier molecular flexibility index (Phi) is 6.15. The van der Waals surface area contributed by atoms with E-state index in [1.165, 1.54) is 0 Å². The van der Waals surface area contributed by atoms with Crippen LogP contribution in [0.15, 0.2) is 179 Å². The van der Waals surface area contributed by atoms with E-state index in [1.54, 1.807) is 0 Å². The topological polar surface area (TPSA) is 42.4 Å². The summed E-state index contributed by atoms with van der Waals surface area (Å²) in [6.45, 7) is 0. The Hall–Kier alpha value is -6.65. The monoisotopic (exact) mass is 628 g/mol. The molecule has 3 aromatic heterocycles. The van der Waals surface area contributed by atoms with Crippen LogP contribution in [0.1, 0.15) is 0 Å². The number of hydrogen-bond donors (Lipinski definition) is 0. The van der Waals surface area contributed by atoms with Crippen LogP contribution in [0.2, 0.25) is 0 Å². The Labute approximate surface area is 282 Å². The largest absolute Gasteiger partial charge is 0.456 e. The van der Waals surface area contributed by atoms with E-state index in [-0.39, 0.29) is 0 Å². The number of nitrogens with zero attached hydrogens (tertiary/aromatic N) is 2. The molecule has 0 saturated heterocycles. The van der Waals surface area contributed by atoms with Gasteiger partial charge in [0.2, 0.25) is 0 Å². The van der Waals surface area contributed by atoms with Gasteiger partial charge in [0.25, 0.3) is 0 Å². The number of anilines is 3. The van der Waals surface area contributed by atoms with E-state index in [0.29, 0.717) is 0 Å². The third-order valence-electron chi connectivity index (χ3n) is 9.57. The van der Waals surface area contributed by atoms with Gasteiger partial charge >= 0.3 is 0 Å². The molecule has 230 valence electrons. The molecule has 3 heterocycles. The van der Waals surface area contributed by atoms with Gasteiger partial charge in [0.05, 0.1) is 5.69 Å². The van der Waals surface area contributed by atoms with Gasteiger partial charge in [-0.1, -0.05) is 103 Å². The van der Waals surface area contributed by atoms with Gasteiger partial charge in [0.15, 0.2) is 0 Å². The van der Waals surface area contributed by atoms with Crippen molar-refractivity contribution in [3.63, 3.8) is 0 Å². The van der Waals surface area contributed by atoms with E-state index >= 15 is 0 Å². The first-order valence-electron chi connectivity index (χ1n) is 16.4.